The predicted molar refractivity (Wildman–Crippen MR) is 122 cm³/mol. The molecule has 1 aliphatic heterocycles. The number of ether oxygens (including phenoxy) is 2. The van der Waals surface area contributed by atoms with Crippen LogP contribution in [0.1, 0.15) is 52.9 Å². The van der Waals surface area contributed by atoms with Gasteiger partial charge in [-0.25, -0.2) is 4.79 Å². The Morgan fingerprint density at radius 3 is 2.52 bits per heavy atom. The Kier molecular flexibility index (Phi) is 7.29. The zero-order valence-electron chi connectivity index (χ0n) is 19.7. The lowest BCUT2D eigenvalue weighted by atomic mass is 9.65. The van der Waals surface area contributed by atoms with Gasteiger partial charge in [-0.05, 0) is 49.1 Å². The molecule has 9 heteroatoms. The predicted octanol–water partition coefficient (Wildman–Crippen LogP) is 3.09. The average Bonchev–Trinajstić information content (AvgIpc) is 3.02. The van der Waals surface area contributed by atoms with Gasteiger partial charge >= 0.3 is 12.0 Å². The van der Waals surface area contributed by atoms with E-state index in [4.69, 9.17) is 9.47 Å². The second kappa shape index (κ2) is 9.80. The largest absolute Gasteiger partial charge is 0.495 e. The standard InChI is InChI=1S/C24H33N3O6/c1-5-23(2,3)16-10-12-24(13-11-16)21(30)27(22(31)26-24)14-20(29)33-15-19(28)25-17-8-6-7-9-18(17)32-4/h6-9,16H,5,10-15H2,1-4H3,(H,25,28)(H,26,31). The molecule has 2 aliphatic rings. The number of nitrogens with zero attached hydrogens (tertiary/aromatic N) is 1. The Morgan fingerprint density at radius 2 is 1.88 bits per heavy atom. The SMILES string of the molecule is CCC(C)(C)C1CCC2(CC1)NC(=O)N(CC(=O)OCC(=O)Nc1ccccc1OC)C2=O. The fourth-order valence-electron chi connectivity index (χ4n) is 4.59. The Hall–Kier alpha value is -3.10. The third-order valence-corrected chi connectivity index (χ3v) is 7.13. The lowest BCUT2D eigenvalue weighted by molar-refractivity contribution is -0.150. The van der Waals surface area contributed by atoms with E-state index in [0.717, 1.165) is 24.2 Å². The number of carbonyl (C=O) groups excluding carboxylic acids is 4. The minimum absolute atomic E-state index is 0.182. The van der Waals surface area contributed by atoms with E-state index in [1.807, 2.05) is 0 Å². The fourth-order valence-corrected chi connectivity index (χ4v) is 4.59. The van der Waals surface area contributed by atoms with Gasteiger partial charge in [-0.15, -0.1) is 0 Å². The molecule has 9 nitrogen and oxygen atoms in total. The molecule has 4 amide bonds. The number of anilines is 1. The molecule has 3 rings (SSSR count). The molecular formula is C24H33N3O6. The summed E-state index contributed by atoms with van der Waals surface area (Å²) in [5, 5.41) is 5.41. The summed E-state index contributed by atoms with van der Waals surface area (Å²) in [6, 6.07) is 6.24. The van der Waals surface area contributed by atoms with Crippen molar-refractivity contribution in [3.63, 3.8) is 0 Å². The van der Waals surface area contributed by atoms with Gasteiger partial charge in [0.1, 0.15) is 17.8 Å². The lowest BCUT2D eigenvalue weighted by Gasteiger charge is -2.42. The molecule has 0 aromatic heterocycles. The maximum Gasteiger partial charge on any atom is 0.326 e. The Bertz CT molecular complexity index is 921. The van der Waals surface area contributed by atoms with Gasteiger partial charge in [-0.2, -0.15) is 0 Å². The summed E-state index contributed by atoms with van der Waals surface area (Å²) in [5.41, 5.74) is -0.320. The van der Waals surface area contributed by atoms with Gasteiger partial charge in [-0.3, -0.25) is 19.3 Å². The number of carbonyl (C=O) groups is 4. The van der Waals surface area contributed by atoms with Crippen LogP contribution in [0.5, 0.6) is 5.75 Å². The molecule has 2 N–H and O–H groups in total. The molecule has 1 aromatic carbocycles. The number of methoxy groups -OCH3 is 1. The third kappa shape index (κ3) is 5.29. The van der Waals surface area contributed by atoms with E-state index in [1.54, 1.807) is 24.3 Å². The smallest absolute Gasteiger partial charge is 0.326 e. The summed E-state index contributed by atoms with van der Waals surface area (Å²) in [6.07, 6.45) is 3.84. The van der Waals surface area contributed by atoms with Crippen molar-refractivity contribution in [1.82, 2.24) is 10.2 Å². The van der Waals surface area contributed by atoms with Crippen LogP contribution in [0, 0.1) is 11.3 Å². The molecule has 0 unspecified atom stereocenters. The molecule has 1 heterocycles. The van der Waals surface area contributed by atoms with Gasteiger partial charge in [0.25, 0.3) is 11.8 Å². The van der Waals surface area contributed by atoms with E-state index >= 15 is 0 Å². The number of nitrogens with one attached hydrogen (secondary N) is 2. The molecule has 0 atom stereocenters. The lowest BCUT2D eigenvalue weighted by Crippen LogP contribution is -2.51. The van der Waals surface area contributed by atoms with Crippen molar-refractivity contribution in [1.29, 1.82) is 0 Å². The number of hydrogen-bond acceptors (Lipinski definition) is 6. The van der Waals surface area contributed by atoms with Gasteiger partial charge < -0.3 is 20.1 Å². The molecule has 180 valence electrons. The quantitative estimate of drug-likeness (QED) is 0.456. The van der Waals surface area contributed by atoms with E-state index in [2.05, 4.69) is 31.4 Å². The van der Waals surface area contributed by atoms with Crippen molar-refractivity contribution in [2.24, 2.45) is 11.3 Å². The molecule has 1 saturated heterocycles. The summed E-state index contributed by atoms with van der Waals surface area (Å²) in [7, 11) is 1.48. The molecule has 2 fully saturated rings. The van der Waals surface area contributed by atoms with Crippen LogP contribution in [0.4, 0.5) is 10.5 Å². The van der Waals surface area contributed by atoms with Crippen molar-refractivity contribution in [2.75, 3.05) is 25.6 Å². The highest BCUT2D eigenvalue weighted by Gasteiger charge is 2.53. The Balaban J connectivity index is 1.52. The molecular weight excluding hydrogens is 426 g/mol. The number of amides is 4. The molecule has 1 aliphatic carbocycles. The molecule has 0 radical (unpaired) electrons. The normalized spacial score (nSPS) is 22.8. The summed E-state index contributed by atoms with van der Waals surface area (Å²) >= 11 is 0. The number of imide groups is 1. The number of para-hydroxylation sites is 2. The highest BCUT2D eigenvalue weighted by molar-refractivity contribution is 6.08. The van der Waals surface area contributed by atoms with Crippen molar-refractivity contribution in [3.8, 4) is 5.75 Å². The van der Waals surface area contributed by atoms with E-state index < -0.39 is 42.5 Å². The van der Waals surface area contributed by atoms with Gasteiger partial charge in [0, 0.05) is 0 Å². The minimum Gasteiger partial charge on any atom is -0.495 e. The van der Waals surface area contributed by atoms with Crippen LogP contribution in [-0.2, 0) is 19.1 Å². The number of hydrogen-bond donors (Lipinski definition) is 2. The van der Waals surface area contributed by atoms with E-state index in [9.17, 15) is 19.2 Å². The van der Waals surface area contributed by atoms with Crippen molar-refractivity contribution in [3.05, 3.63) is 24.3 Å². The second-order valence-electron chi connectivity index (χ2n) is 9.43. The summed E-state index contributed by atoms with van der Waals surface area (Å²) in [5.74, 6) is -0.821. The number of rotatable bonds is 8. The summed E-state index contributed by atoms with van der Waals surface area (Å²) < 4.78 is 10.2. The van der Waals surface area contributed by atoms with E-state index in [-0.39, 0.29) is 5.41 Å². The van der Waals surface area contributed by atoms with Gasteiger partial charge in [0.15, 0.2) is 6.61 Å². The van der Waals surface area contributed by atoms with Crippen LogP contribution in [0.2, 0.25) is 0 Å². The average molecular weight is 460 g/mol. The van der Waals surface area contributed by atoms with Crippen molar-refractivity contribution in [2.45, 2.75) is 58.4 Å². The first-order chi connectivity index (χ1) is 15.6. The van der Waals surface area contributed by atoms with E-state index in [0.29, 0.717) is 30.2 Å². The first-order valence-corrected chi connectivity index (χ1v) is 11.3. The van der Waals surface area contributed by atoms with Gasteiger partial charge in [0.05, 0.1) is 12.8 Å². The van der Waals surface area contributed by atoms with Crippen molar-refractivity contribution >= 4 is 29.5 Å². The zero-order chi connectivity index (χ0) is 24.2. The van der Waals surface area contributed by atoms with Crippen LogP contribution in [0.25, 0.3) is 0 Å². The molecule has 1 saturated carbocycles. The highest BCUT2D eigenvalue weighted by Crippen LogP contribution is 2.45. The number of benzene rings is 1. The fraction of sp³-hybridized carbons (Fsp3) is 0.583. The topological polar surface area (TPSA) is 114 Å². The summed E-state index contributed by atoms with van der Waals surface area (Å²) in [6.45, 7) is 5.56. The van der Waals surface area contributed by atoms with Crippen LogP contribution < -0.4 is 15.4 Å². The van der Waals surface area contributed by atoms with Gasteiger partial charge in [0.2, 0.25) is 0 Å². The molecule has 33 heavy (non-hydrogen) atoms. The minimum atomic E-state index is -0.946. The first kappa shape index (κ1) is 24.5. The van der Waals surface area contributed by atoms with E-state index in [1.165, 1.54) is 7.11 Å². The maximum absolute atomic E-state index is 13.0. The van der Waals surface area contributed by atoms with Crippen LogP contribution >= 0.6 is 0 Å². The Morgan fingerprint density at radius 1 is 1.21 bits per heavy atom. The van der Waals surface area contributed by atoms with Crippen LogP contribution in [0.3, 0.4) is 0 Å². The number of esters is 1. The number of urea groups is 1. The second-order valence-corrected chi connectivity index (χ2v) is 9.43. The highest BCUT2D eigenvalue weighted by atomic mass is 16.5. The van der Waals surface area contributed by atoms with Gasteiger partial charge in [-0.1, -0.05) is 39.3 Å². The first-order valence-electron chi connectivity index (χ1n) is 11.3. The Labute approximate surface area is 194 Å². The maximum atomic E-state index is 13.0. The van der Waals surface area contributed by atoms with Crippen LogP contribution in [0.15, 0.2) is 24.3 Å². The third-order valence-electron chi connectivity index (χ3n) is 7.13. The van der Waals surface area contributed by atoms with Crippen LogP contribution in [-0.4, -0.2) is 54.5 Å². The zero-order valence-corrected chi connectivity index (χ0v) is 19.7. The molecule has 1 spiro atoms. The summed E-state index contributed by atoms with van der Waals surface area (Å²) in [4.78, 5) is 50.8. The monoisotopic (exact) mass is 459 g/mol. The molecule has 0 bridgehead atoms. The molecule has 1 aromatic rings. The van der Waals surface area contributed by atoms with Crippen molar-refractivity contribution < 1.29 is 28.7 Å².